The molecule has 1 heterocycles. The highest BCUT2D eigenvalue weighted by Gasteiger charge is 2.40. The highest BCUT2D eigenvalue weighted by Crippen LogP contribution is 2.28. The van der Waals surface area contributed by atoms with Gasteiger partial charge in [0.05, 0.1) is 23.8 Å². The van der Waals surface area contributed by atoms with Gasteiger partial charge in [0.15, 0.2) is 6.23 Å². The fourth-order valence-electron chi connectivity index (χ4n) is 3.03. The molecule has 1 aliphatic heterocycles. The standard InChI is InChI=1S/C21H21NO5/c1-3-4-9-18(27-15-12-10-14(11-13-15)21(25)26-2)22-19(23)16-7-5-6-8-17(16)20(22)24/h5-8,10-13,18H,3-4,9H2,1-2H3. The third kappa shape index (κ3) is 3.69. The van der Waals surface area contributed by atoms with Gasteiger partial charge >= 0.3 is 5.97 Å². The molecule has 1 atom stereocenters. The van der Waals surface area contributed by atoms with Crippen LogP contribution >= 0.6 is 0 Å². The monoisotopic (exact) mass is 367 g/mol. The van der Waals surface area contributed by atoms with E-state index in [9.17, 15) is 14.4 Å². The zero-order valence-corrected chi connectivity index (χ0v) is 15.3. The van der Waals surface area contributed by atoms with Gasteiger partial charge in [-0.25, -0.2) is 9.69 Å². The van der Waals surface area contributed by atoms with Crippen LogP contribution in [-0.4, -0.2) is 36.0 Å². The fraction of sp³-hybridized carbons (Fsp3) is 0.286. The molecule has 0 N–H and O–H groups in total. The van der Waals surface area contributed by atoms with Crippen molar-refractivity contribution in [3.63, 3.8) is 0 Å². The normalized spacial score (nSPS) is 14.1. The summed E-state index contributed by atoms with van der Waals surface area (Å²) >= 11 is 0. The van der Waals surface area contributed by atoms with E-state index in [1.807, 2.05) is 6.92 Å². The van der Waals surface area contributed by atoms with Crippen molar-refractivity contribution < 1.29 is 23.9 Å². The van der Waals surface area contributed by atoms with E-state index in [1.165, 1.54) is 12.0 Å². The van der Waals surface area contributed by atoms with Crippen LogP contribution in [0.2, 0.25) is 0 Å². The van der Waals surface area contributed by atoms with Crippen molar-refractivity contribution in [2.75, 3.05) is 7.11 Å². The Hall–Kier alpha value is -3.15. The van der Waals surface area contributed by atoms with E-state index in [2.05, 4.69) is 4.74 Å². The number of rotatable bonds is 7. The molecular weight excluding hydrogens is 346 g/mol. The fourth-order valence-corrected chi connectivity index (χ4v) is 3.03. The lowest BCUT2D eigenvalue weighted by molar-refractivity contribution is 0.0202. The lowest BCUT2D eigenvalue weighted by atomic mass is 10.1. The van der Waals surface area contributed by atoms with Crippen molar-refractivity contribution in [1.29, 1.82) is 0 Å². The van der Waals surface area contributed by atoms with Crippen LogP contribution in [0.4, 0.5) is 0 Å². The zero-order chi connectivity index (χ0) is 19.4. The number of amides is 2. The van der Waals surface area contributed by atoms with E-state index >= 15 is 0 Å². The molecular formula is C21H21NO5. The first kappa shape index (κ1) is 18.6. The van der Waals surface area contributed by atoms with Gasteiger partial charge in [-0.3, -0.25) is 9.59 Å². The average molecular weight is 367 g/mol. The van der Waals surface area contributed by atoms with Gasteiger partial charge in [-0.2, -0.15) is 0 Å². The molecule has 0 fully saturated rings. The molecule has 0 aromatic heterocycles. The molecule has 1 unspecified atom stereocenters. The van der Waals surface area contributed by atoms with Gasteiger partial charge in [-0.15, -0.1) is 0 Å². The summed E-state index contributed by atoms with van der Waals surface area (Å²) in [5, 5.41) is 0. The lowest BCUT2D eigenvalue weighted by Crippen LogP contribution is -2.43. The third-order valence-corrected chi connectivity index (χ3v) is 4.47. The Bertz CT molecular complexity index is 824. The number of fused-ring (bicyclic) bond motifs is 1. The molecule has 0 aliphatic carbocycles. The number of esters is 1. The summed E-state index contributed by atoms with van der Waals surface area (Å²) in [6.07, 6.45) is 1.53. The molecule has 6 nitrogen and oxygen atoms in total. The molecule has 0 saturated carbocycles. The molecule has 2 amide bonds. The smallest absolute Gasteiger partial charge is 0.337 e. The second kappa shape index (κ2) is 8.03. The van der Waals surface area contributed by atoms with Gasteiger partial charge in [0, 0.05) is 6.42 Å². The van der Waals surface area contributed by atoms with Crippen molar-refractivity contribution >= 4 is 17.8 Å². The minimum Gasteiger partial charge on any atom is -0.470 e. The first-order chi connectivity index (χ1) is 13.1. The van der Waals surface area contributed by atoms with Gasteiger partial charge in [-0.1, -0.05) is 25.5 Å². The molecule has 0 radical (unpaired) electrons. The molecule has 0 saturated heterocycles. The molecule has 3 rings (SSSR count). The third-order valence-electron chi connectivity index (χ3n) is 4.47. The van der Waals surface area contributed by atoms with Crippen LogP contribution in [0.15, 0.2) is 48.5 Å². The van der Waals surface area contributed by atoms with Gasteiger partial charge in [0.2, 0.25) is 0 Å². The zero-order valence-electron chi connectivity index (χ0n) is 15.3. The maximum absolute atomic E-state index is 12.7. The number of benzene rings is 2. The Balaban J connectivity index is 1.84. The van der Waals surface area contributed by atoms with E-state index in [0.29, 0.717) is 28.9 Å². The Kier molecular flexibility index (Phi) is 5.54. The number of imide groups is 1. The highest BCUT2D eigenvalue weighted by molar-refractivity contribution is 6.21. The first-order valence-corrected chi connectivity index (χ1v) is 8.88. The van der Waals surface area contributed by atoms with Crippen molar-refractivity contribution in [1.82, 2.24) is 4.90 Å². The van der Waals surface area contributed by atoms with Crippen LogP contribution in [-0.2, 0) is 4.74 Å². The minimum atomic E-state index is -0.707. The Morgan fingerprint density at radius 3 is 2.11 bits per heavy atom. The number of ether oxygens (including phenoxy) is 2. The number of carbonyl (C=O) groups is 3. The number of hydrogen-bond donors (Lipinski definition) is 0. The van der Waals surface area contributed by atoms with Crippen LogP contribution in [0.1, 0.15) is 57.3 Å². The topological polar surface area (TPSA) is 72.9 Å². The SMILES string of the molecule is CCCCC(Oc1ccc(C(=O)OC)cc1)N1C(=O)c2ccccc2C1=O. The number of methoxy groups -OCH3 is 1. The number of unbranched alkanes of at least 4 members (excludes halogenated alkanes) is 1. The Morgan fingerprint density at radius 1 is 1.00 bits per heavy atom. The summed E-state index contributed by atoms with van der Waals surface area (Å²) in [6.45, 7) is 2.03. The highest BCUT2D eigenvalue weighted by atomic mass is 16.5. The molecule has 2 aromatic rings. The second-order valence-electron chi connectivity index (χ2n) is 6.26. The van der Waals surface area contributed by atoms with E-state index in [4.69, 9.17) is 4.74 Å². The molecule has 0 bridgehead atoms. The number of carbonyl (C=O) groups excluding carboxylic acids is 3. The van der Waals surface area contributed by atoms with Crippen LogP contribution in [0, 0.1) is 0 Å². The van der Waals surface area contributed by atoms with Gasteiger partial charge in [0.1, 0.15) is 5.75 Å². The molecule has 140 valence electrons. The molecule has 6 heteroatoms. The first-order valence-electron chi connectivity index (χ1n) is 8.88. The summed E-state index contributed by atoms with van der Waals surface area (Å²) in [6, 6.07) is 13.2. The van der Waals surface area contributed by atoms with Gasteiger partial charge in [0.25, 0.3) is 11.8 Å². The van der Waals surface area contributed by atoms with E-state index in [0.717, 1.165) is 12.8 Å². The maximum Gasteiger partial charge on any atom is 0.337 e. The lowest BCUT2D eigenvalue weighted by Gasteiger charge is -2.27. The van der Waals surface area contributed by atoms with Crippen molar-refractivity contribution in [3.05, 3.63) is 65.2 Å². The van der Waals surface area contributed by atoms with E-state index < -0.39 is 12.2 Å². The van der Waals surface area contributed by atoms with Crippen molar-refractivity contribution in [2.24, 2.45) is 0 Å². The number of hydrogen-bond acceptors (Lipinski definition) is 5. The van der Waals surface area contributed by atoms with E-state index in [-0.39, 0.29) is 11.8 Å². The summed E-state index contributed by atoms with van der Waals surface area (Å²) in [7, 11) is 1.32. The molecule has 2 aromatic carbocycles. The molecule has 1 aliphatic rings. The quantitative estimate of drug-likeness (QED) is 0.551. The van der Waals surface area contributed by atoms with Gasteiger partial charge in [-0.05, 0) is 42.8 Å². The van der Waals surface area contributed by atoms with Crippen LogP contribution in [0.25, 0.3) is 0 Å². The predicted octanol–water partition coefficient (Wildman–Crippen LogP) is 3.66. The van der Waals surface area contributed by atoms with Gasteiger partial charge < -0.3 is 9.47 Å². The van der Waals surface area contributed by atoms with Crippen LogP contribution < -0.4 is 4.74 Å². The number of nitrogens with zero attached hydrogens (tertiary/aromatic N) is 1. The maximum atomic E-state index is 12.7. The average Bonchev–Trinajstić information content (AvgIpc) is 2.96. The summed E-state index contributed by atoms with van der Waals surface area (Å²) in [4.78, 5) is 38.2. The molecule has 0 spiro atoms. The summed E-state index contributed by atoms with van der Waals surface area (Å²) in [5.41, 5.74) is 1.19. The van der Waals surface area contributed by atoms with Crippen LogP contribution in [0.5, 0.6) is 5.75 Å². The summed E-state index contributed by atoms with van der Waals surface area (Å²) < 4.78 is 10.7. The second-order valence-corrected chi connectivity index (χ2v) is 6.26. The predicted molar refractivity (Wildman–Crippen MR) is 98.7 cm³/mol. The summed E-state index contributed by atoms with van der Waals surface area (Å²) in [5.74, 6) is -0.657. The van der Waals surface area contributed by atoms with Crippen molar-refractivity contribution in [2.45, 2.75) is 32.4 Å². The van der Waals surface area contributed by atoms with E-state index in [1.54, 1.807) is 48.5 Å². The Morgan fingerprint density at radius 2 is 1.59 bits per heavy atom. The van der Waals surface area contributed by atoms with Crippen molar-refractivity contribution in [3.8, 4) is 5.75 Å². The minimum absolute atomic E-state index is 0.345. The van der Waals surface area contributed by atoms with Crippen LogP contribution in [0.3, 0.4) is 0 Å². The molecule has 27 heavy (non-hydrogen) atoms. The Labute approximate surface area is 157 Å². The largest absolute Gasteiger partial charge is 0.470 e.